The quantitative estimate of drug-likeness (QED) is 0.600. The van der Waals surface area contributed by atoms with Crippen LogP contribution in [0.2, 0.25) is 0 Å². The number of hydrogen-bond donors (Lipinski definition) is 0. The van der Waals surface area contributed by atoms with Gasteiger partial charge in [0.2, 0.25) is 0 Å². The van der Waals surface area contributed by atoms with Crippen molar-refractivity contribution in [3.63, 3.8) is 0 Å². The Bertz CT molecular complexity index is 589. The minimum absolute atomic E-state index is 0.615. The molecule has 0 aliphatic carbocycles. The molecule has 1 aromatic carbocycles. The first-order valence-electron chi connectivity index (χ1n) is 4.55. The zero-order valence-corrected chi connectivity index (χ0v) is 7.79. The first kappa shape index (κ1) is 8.11. The number of rotatable bonds is 1. The highest BCUT2D eigenvalue weighted by Crippen LogP contribution is 2.16. The molecule has 0 amide bonds. The molecular formula is C11H7N3O. The van der Waals surface area contributed by atoms with Crippen LogP contribution in [0.25, 0.3) is 22.4 Å². The first-order valence-corrected chi connectivity index (χ1v) is 4.55. The second-order valence-corrected chi connectivity index (χ2v) is 3.14. The van der Waals surface area contributed by atoms with E-state index in [1.807, 2.05) is 30.3 Å². The van der Waals surface area contributed by atoms with Gasteiger partial charge in [-0.3, -0.25) is 0 Å². The fourth-order valence-electron chi connectivity index (χ4n) is 1.39. The van der Waals surface area contributed by atoms with E-state index < -0.39 is 0 Å². The highest BCUT2D eigenvalue weighted by Gasteiger charge is 2.04. The summed E-state index contributed by atoms with van der Waals surface area (Å²) in [5.74, 6) is 0.615. The maximum Gasteiger partial charge on any atom is 0.182 e. The average Bonchev–Trinajstić information content (AvgIpc) is 2.77. The fraction of sp³-hybridized carbons (Fsp3) is 0. The standard InChI is InChI=1S/C11H7N3O/c1-2-4-8(5-3-1)11-12-9-6-15-7-10(9)13-14-11/h1-7H. The molecule has 3 aromatic rings. The van der Waals surface area contributed by atoms with Gasteiger partial charge < -0.3 is 4.42 Å². The Morgan fingerprint density at radius 2 is 1.67 bits per heavy atom. The van der Waals surface area contributed by atoms with Crippen LogP contribution in [-0.4, -0.2) is 15.2 Å². The van der Waals surface area contributed by atoms with Gasteiger partial charge in [-0.2, -0.15) is 0 Å². The topological polar surface area (TPSA) is 51.8 Å². The molecule has 0 N–H and O–H groups in total. The number of aromatic nitrogens is 3. The highest BCUT2D eigenvalue weighted by atomic mass is 16.3. The van der Waals surface area contributed by atoms with E-state index in [2.05, 4.69) is 15.2 Å². The van der Waals surface area contributed by atoms with Gasteiger partial charge in [0.15, 0.2) is 5.82 Å². The predicted octanol–water partition coefficient (Wildman–Crippen LogP) is 2.28. The van der Waals surface area contributed by atoms with Crippen molar-refractivity contribution in [2.75, 3.05) is 0 Å². The van der Waals surface area contributed by atoms with E-state index in [1.165, 1.54) is 6.26 Å². The van der Waals surface area contributed by atoms with Gasteiger partial charge in [-0.1, -0.05) is 30.3 Å². The summed E-state index contributed by atoms with van der Waals surface area (Å²) in [6.07, 6.45) is 3.10. The lowest BCUT2D eigenvalue weighted by Gasteiger charge is -1.96. The van der Waals surface area contributed by atoms with Gasteiger partial charge in [0.25, 0.3) is 0 Å². The van der Waals surface area contributed by atoms with E-state index >= 15 is 0 Å². The molecule has 72 valence electrons. The summed E-state index contributed by atoms with van der Waals surface area (Å²) in [6, 6.07) is 9.73. The van der Waals surface area contributed by atoms with Gasteiger partial charge in [0, 0.05) is 5.56 Å². The van der Waals surface area contributed by atoms with E-state index in [0.717, 1.165) is 11.1 Å². The minimum atomic E-state index is 0.615. The van der Waals surface area contributed by atoms with E-state index in [1.54, 1.807) is 6.26 Å². The van der Waals surface area contributed by atoms with Crippen molar-refractivity contribution in [1.82, 2.24) is 15.2 Å². The maximum atomic E-state index is 4.99. The van der Waals surface area contributed by atoms with E-state index in [4.69, 9.17) is 4.42 Å². The lowest BCUT2D eigenvalue weighted by atomic mass is 10.2. The Kier molecular flexibility index (Phi) is 1.71. The number of hydrogen-bond acceptors (Lipinski definition) is 4. The maximum absolute atomic E-state index is 4.99. The summed E-state index contributed by atoms with van der Waals surface area (Å²) >= 11 is 0. The van der Waals surface area contributed by atoms with E-state index in [9.17, 15) is 0 Å². The van der Waals surface area contributed by atoms with Crippen molar-refractivity contribution in [1.29, 1.82) is 0 Å². The van der Waals surface area contributed by atoms with Crippen LogP contribution in [0.5, 0.6) is 0 Å². The molecule has 0 radical (unpaired) electrons. The second-order valence-electron chi connectivity index (χ2n) is 3.14. The van der Waals surface area contributed by atoms with Gasteiger partial charge in [0.05, 0.1) is 0 Å². The van der Waals surface area contributed by atoms with Crippen molar-refractivity contribution in [3.8, 4) is 11.4 Å². The Morgan fingerprint density at radius 3 is 2.53 bits per heavy atom. The van der Waals surface area contributed by atoms with Gasteiger partial charge in [-0.25, -0.2) is 4.98 Å². The first-order chi connectivity index (χ1) is 7.43. The van der Waals surface area contributed by atoms with E-state index in [-0.39, 0.29) is 0 Å². The molecular weight excluding hydrogens is 190 g/mol. The summed E-state index contributed by atoms with van der Waals surface area (Å²) in [7, 11) is 0. The molecule has 0 aliphatic rings. The Balaban J connectivity index is 2.19. The second kappa shape index (κ2) is 3.16. The van der Waals surface area contributed by atoms with Crippen molar-refractivity contribution < 1.29 is 4.42 Å². The zero-order chi connectivity index (χ0) is 10.1. The summed E-state index contributed by atoms with van der Waals surface area (Å²) in [5.41, 5.74) is 2.35. The average molecular weight is 197 g/mol. The third-order valence-electron chi connectivity index (χ3n) is 2.13. The minimum Gasteiger partial charge on any atom is -0.468 e. The molecule has 0 bridgehead atoms. The monoisotopic (exact) mass is 197 g/mol. The smallest absolute Gasteiger partial charge is 0.182 e. The summed E-state index contributed by atoms with van der Waals surface area (Å²) in [6.45, 7) is 0. The molecule has 4 heteroatoms. The summed E-state index contributed by atoms with van der Waals surface area (Å²) in [5, 5.41) is 8.04. The lowest BCUT2D eigenvalue weighted by molar-refractivity contribution is 0.571. The van der Waals surface area contributed by atoms with Crippen molar-refractivity contribution >= 4 is 11.0 Å². The lowest BCUT2D eigenvalue weighted by Crippen LogP contribution is -1.91. The molecule has 0 unspecified atom stereocenters. The molecule has 3 rings (SSSR count). The number of furan rings is 1. The van der Waals surface area contributed by atoms with Crippen LogP contribution in [0.1, 0.15) is 0 Å². The largest absolute Gasteiger partial charge is 0.468 e. The molecule has 0 fully saturated rings. The van der Waals surface area contributed by atoms with Crippen LogP contribution in [0.3, 0.4) is 0 Å². The van der Waals surface area contributed by atoms with Crippen LogP contribution in [-0.2, 0) is 0 Å². The highest BCUT2D eigenvalue weighted by molar-refractivity contribution is 5.73. The van der Waals surface area contributed by atoms with Crippen molar-refractivity contribution in [3.05, 3.63) is 42.9 Å². The molecule has 0 saturated carbocycles. The van der Waals surface area contributed by atoms with Gasteiger partial charge in [-0.15, -0.1) is 10.2 Å². The molecule has 2 heterocycles. The Labute approximate surface area is 85.6 Å². The molecule has 0 spiro atoms. The third kappa shape index (κ3) is 1.36. The molecule has 15 heavy (non-hydrogen) atoms. The van der Waals surface area contributed by atoms with Crippen LogP contribution < -0.4 is 0 Å². The Hall–Kier alpha value is -2.23. The van der Waals surface area contributed by atoms with Crippen LogP contribution in [0.4, 0.5) is 0 Å². The third-order valence-corrected chi connectivity index (χ3v) is 2.13. The molecule has 0 aliphatic heterocycles. The van der Waals surface area contributed by atoms with Crippen molar-refractivity contribution in [2.45, 2.75) is 0 Å². The molecule has 0 atom stereocenters. The van der Waals surface area contributed by atoms with Gasteiger partial charge in [-0.05, 0) is 0 Å². The predicted molar refractivity (Wildman–Crippen MR) is 55.0 cm³/mol. The van der Waals surface area contributed by atoms with Gasteiger partial charge in [0.1, 0.15) is 23.6 Å². The number of nitrogens with zero attached hydrogens (tertiary/aromatic N) is 3. The molecule has 0 saturated heterocycles. The van der Waals surface area contributed by atoms with E-state index in [0.29, 0.717) is 11.3 Å². The fourth-order valence-corrected chi connectivity index (χ4v) is 1.39. The summed E-state index contributed by atoms with van der Waals surface area (Å²) < 4.78 is 4.99. The number of fused-ring (bicyclic) bond motifs is 1. The SMILES string of the molecule is c1ccc(-c2nnc3cocc3n2)cc1. The number of benzene rings is 1. The normalized spacial score (nSPS) is 10.7. The van der Waals surface area contributed by atoms with Crippen LogP contribution in [0, 0.1) is 0 Å². The molecule has 4 nitrogen and oxygen atoms in total. The van der Waals surface area contributed by atoms with Crippen LogP contribution >= 0.6 is 0 Å². The van der Waals surface area contributed by atoms with Crippen LogP contribution in [0.15, 0.2) is 47.3 Å². The van der Waals surface area contributed by atoms with Gasteiger partial charge >= 0.3 is 0 Å². The van der Waals surface area contributed by atoms with Crippen molar-refractivity contribution in [2.24, 2.45) is 0 Å². The molecule has 2 aromatic heterocycles. The Morgan fingerprint density at radius 1 is 0.867 bits per heavy atom. The summed E-state index contributed by atoms with van der Waals surface area (Å²) in [4.78, 5) is 4.34. The zero-order valence-electron chi connectivity index (χ0n) is 7.79.